The summed E-state index contributed by atoms with van der Waals surface area (Å²) in [5, 5.41) is 6.12. The molecule has 100 valence electrons. The SMILES string of the molecule is O=C(Nc1cccc(C2=NCCN2)c1)c1ccccc1. The lowest BCUT2D eigenvalue weighted by atomic mass is 10.1. The van der Waals surface area contributed by atoms with Crippen LogP contribution in [0.3, 0.4) is 0 Å². The Morgan fingerprint density at radius 3 is 2.70 bits per heavy atom. The highest BCUT2D eigenvalue weighted by Crippen LogP contribution is 2.13. The van der Waals surface area contributed by atoms with Crippen LogP contribution in [0.1, 0.15) is 15.9 Å². The third-order valence-corrected chi connectivity index (χ3v) is 3.10. The molecule has 0 unspecified atom stereocenters. The summed E-state index contributed by atoms with van der Waals surface area (Å²) in [6.07, 6.45) is 0. The van der Waals surface area contributed by atoms with Crippen LogP contribution in [0.15, 0.2) is 59.6 Å². The van der Waals surface area contributed by atoms with Crippen molar-refractivity contribution in [3.8, 4) is 0 Å². The molecule has 1 heterocycles. The zero-order valence-electron chi connectivity index (χ0n) is 11.0. The molecular weight excluding hydrogens is 250 g/mol. The fourth-order valence-corrected chi connectivity index (χ4v) is 2.13. The average Bonchev–Trinajstić information content (AvgIpc) is 3.03. The molecule has 0 saturated carbocycles. The van der Waals surface area contributed by atoms with Crippen molar-refractivity contribution in [3.63, 3.8) is 0 Å². The molecule has 0 bridgehead atoms. The van der Waals surface area contributed by atoms with E-state index in [1.165, 1.54) is 0 Å². The van der Waals surface area contributed by atoms with Crippen LogP contribution in [-0.4, -0.2) is 24.8 Å². The fraction of sp³-hybridized carbons (Fsp3) is 0.125. The van der Waals surface area contributed by atoms with E-state index in [0.717, 1.165) is 30.2 Å². The molecule has 0 aliphatic carbocycles. The average molecular weight is 265 g/mol. The minimum atomic E-state index is -0.107. The van der Waals surface area contributed by atoms with Gasteiger partial charge in [0.05, 0.1) is 6.54 Å². The number of anilines is 1. The van der Waals surface area contributed by atoms with Crippen molar-refractivity contribution in [1.29, 1.82) is 0 Å². The van der Waals surface area contributed by atoms with Gasteiger partial charge in [0, 0.05) is 23.4 Å². The van der Waals surface area contributed by atoms with Crippen molar-refractivity contribution >= 4 is 17.4 Å². The summed E-state index contributed by atoms with van der Waals surface area (Å²) in [6, 6.07) is 16.9. The first kappa shape index (κ1) is 12.4. The smallest absolute Gasteiger partial charge is 0.255 e. The van der Waals surface area contributed by atoms with Gasteiger partial charge in [-0.25, -0.2) is 0 Å². The Balaban J connectivity index is 1.78. The molecular formula is C16H15N3O. The highest BCUT2D eigenvalue weighted by Gasteiger charge is 2.10. The van der Waals surface area contributed by atoms with Gasteiger partial charge in [0.25, 0.3) is 5.91 Å². The van der Waals surface area contributed by atoms with Gasteiger partial charge < -0.3 is 10.6 Å². The maximum Gasteiger partial charge on any atom is 0.255 e. The number of amides is 1. The van der Waals surface area contributed by atoms with E-state index in [1.807, 2.05) is 42.5 Å². The number of hydrogen-bond acceptors (Lipinski definition) is 3. The summed E-state index contributed by atoms with van der Waals surface area (Å²) in [5.41, 5.74) is 2.41. The van der Waals surface area contributed by atoms with E-state index >= 15 is 0 Å². The number of rotatable bonds is 3. The van der Waals surface area contributed by atoms with Crippen LogP contribution in [0.4, 0.5) is 5.69 Å². The summed E-state index contributed by atoms with van der Waals surface area (Å²) in [7, 11) is 0. The summed E-state index contributed by atoms with van der Waals surface area (Å²) in [6.45, 7) is 1.67. The molecule has 2 aromatic rings. The molecule has 0 fully saturated rings. The highest BCUT2D eigenvalue weighted by atomic mass is 16.1. The van der Waals surface area contributed by atoms with Gasteiger partial charge in [-0.15, -0.1) is 0 Å². The second-order valence-electron chi connectivity index (χ2n) is 4.56. The summed E-state index contributed by atoms with van der Waals surface area (Å²) in [4.78, 5) is 16.5. The predicted molar refractivity (Wildman–Crippen MR) is 80.2 cm³/mol. The fourth-order valence-electron chi connectivity index (χ4n) is 2.13. The molecule has 0 spiro atoms. The molecule has 4 heteroatoms. The zero-order valence-corrected chi connectivity index (χ0v) is 11.0. The predicted octanol–water partition coefficient (Wildman–Crippen LogP) is 2.29. The molecule has 2 N–H and O–H groups in total. The molecule has 20 heavy (non-hydrogen) atoms. The minimum Gasteiger partial charge on any atom is -0.368 e. The van der Waals surface area contributed by atoms with E-state index in [4.69, 9.17) is 0 Å². The number of amidine groups is 1. The number of nitrogens with one attached hydrogen (secondary N) is 2. The van der Waals surface area contributed by atoms with Gasteiger partial charge in [-0.3, -0.25) is 9.79 Å². The number of nitrogens with zero attached hydrogens (tertiary/aromatic N) is 1. The summed E-state index contributed by atoms with van der Waals surface area (Å²) in [5.74, 6) is 0.782. The van der Waals surface area contributed by atoms with Crippen LogP contribution in [0.5, 0.6) is 0 Å². The van der Waals surface area contributed by atoms with E-state index in [-0.39, 0.29) is 5.91 Å². The van der Waals surface area contributed by atoms with Crippen molar-refractivity contribution in [2.45, 2.75) is 0 Å². The Morgan fingerprint density at radius 2 is 1.95 bits per heavy atom. The number of benzene rings is 2. The van der Waals surface area contributed by atoms with Crippen molar-refractivity contribution < 1.29 is 4.79 Å². The van der Waals surface area contributed by atoms with Crippen LogP contribution in [0.2, 0.25) is 0 Å². The Labute approximate surface area is 117 Å². The van der Waals surface area contributed by atoms with Gasteiger partial charge in [0.2, 0.25) is 0 Å². The normalized spacial score (nSPS) is 13.5. The molecule has 4 nitrogen and oxygen atoms in total. The third kappa shape index (κ3) is 2.69. The maximum atomic E-state index is 12.1. The topological polar surface area (TPSA) is 53.5 Å². The molecule has 0 radical (unpaired) electrons. The lowest BCUT2D eigenvalue weighted by Crippen LogP contribution is -2.19. The van der Waals surface area contributed by atoms with Gasteiger partial charge in [0.1, 0.15) is 5.84 Å². The molecule has 0 aromatic heterocycles. The molecule has 0 saturated heterocycles. The second-order valence-corrected chi connectivity index (χ2v) is 4.56. The van der Waals surface area contributed by atoms with Gasteiger partial charge in [-0.05, 0) is 24.3 Å². The van der Waals surface area contributed by atoms with E-state index in [9.17, 15) is 4.79 Å². The molecule has 0 atom stereocenters. The number of hydrogen-bond donors (Lipinski definition) is 2. The van der Waals surface area contributed by atoms with Crippen LogP contribution >= 0.6 is 0 Å². The van der Waals surface area contributed by atoms with E-state index < -0.39 is 0 Å². The molecule has 1 amide bonds. The van der Waals surface area contributed by atoms with Crippen LogP contribution < -0.4 is 10.6 Å². The first-order valence-electron chi connectivity index (χ1n) is 6.58. The number of carbonyl (C=O) groups excluding carboxylic acids is 1. The lowest BCUT2D eigenvalue weighted by Gasteiger charge is -2.08. The molecule has 2 aromatic carbocycles. The zero-order chi connectivity index (χ0) is 13.8. The summed E-state index contributed by atoms with van der Waals surface area (Å²) < 4.78 is 0. The van der Waals surface area contributed by atoms with Gasteiger partial charge in [-0.1, -0.05) is 30.3 Å². The second kappa shape index (κ2) is 5.57. The van der Waals surface area contributed by atoms with Crippen molar-refractivity contribution in [1.82, 2.24) is 5.32 Å². The standard InChI is InChI=1S/C16H15N3O/c20-16(12-5-2-1-3-6-12)19-14-8-4-7-13(11-14)15-17-9-10-18-15/h1-8,11H,9-10H2,(H,17,18)(H,19,20). The Morgan fingerprint density at radius 1 is 1.10 bits per heavy atom. The van der Waals surface area contributed by atoms with E-state index in [0.29, 0.717) is 5.56 Å². The molecule has 1 aliphatic rings. The Bertz CT molecular complexity index is 650. The van der Waals surface area contributed by atoms with Gasteiger partial charge >= 0.3 is 0 Å². The van der Waals surface area contributed by atoms with Crippen molar-refractivity contribution in [2.24, 2.45) is 4.99 Å². The Kier molecular flexibility index (Phi) is 3.46. The Hall–Kier alpha value is -2.62. The van der Waals surface area contributed by atoms with E-state index in [2.05, 4.69) is 15.6 Å². The third-order valence-electron chi connectivity index (χ3n) is 3.10. The highest BCUT2D eigenvalue weighted by molar-refractivity contribution is 6.05. The largest absolute Gasteiger partial charge is 0.368 e. The number of aliphatic imine (C=N–C) groups is 1. The number of carbonyl (C=O) groups is 1. The van der Waals surface area contributed by atoms with Gasteiger partial charge in [-0.2, -0.15) is 0 Å². The lowest BCUT2D eigenvalue weighted by molar-refractivity contribution is 0.102. The van der Waals surface area contributed by atoms with Crippen LogP contribution in [0.25, 0.3) is 0 Å². The van der Waals surface area contributed by atoms with Crippen molar-refractivity contribution in [3.05, 3.63) is 65.7 Å². The monoisotopic (exact) mass is 265 g/mol. The summed E-state index contributed by atoms with van der Waals surface area (Å²) >= 11 is 0. The minimum absolute atomic E-state index is 0.107. The van der Waals surface area contributed by atoms with E-state index in [1.54, 1.807) is 12.1 Å². The first-order chi connectivity index (χ1) is 9.83. The van der Waals surface area contributed by atoms with Crippen molar-refractivity contribution in [2.75, 3.05) is 18.4 Å². The maximum absolute atomic E-state index is 12.1. The quantitative estimate of drug-likeness (QED) is 0.894. The molecule has 3 rings (SSSR count). The first-order valence-corrected chi connectivity index (χ1v) is 6.58. The van der Waals surface area contributed by atoms with Crippen LogP contribution in [-0.2, 0) is 0 Å². The van der Waals surface area contributed by atoms with Gasteiger partial charge in [0.15, 0.2) is 0 Å². The molecule has 1 aliphatic heterocycles. The van der Waals surface area contributed by atoms with Crippen LogP contribution in [0, 0.1) is 0 Å².